The van der Waals surface area contributed by atoms with Gasteiger partial charge in [-0.05, 0) is 42.2 Å². The first-order valence-corrected chi connectivity index (χ1v) is 12.6. The Hall–Kier alpha value is -3.67. The smallest absolute Gasteiger partial charge is 0.217 e. The highest BCUT2D eigenvalue weighted by atomic mass is 35.5. The third-order valence-electron chi connectivity index (χ3n) is 6.11. The second-order valence-corrected chi connectivity index (χ2v) is 9.92. The molecule has 8 nitrogen and oxygen atoms in total. The molecule has 0 radical (unpaired) electrons. The van der Waals surface area contributed by atoms with Crippen molar-refractivity contribution in [3.63, 3.8) is 0 Å². The number of anilines is 1. The van der Waals surface area contributed by atoms with Crippen LogP contribution < -0.4 is 4.90 Å². The first-order valence-electron chi connectivity index (χ1n) is 11.8. The predicted octanol–water partition coefficient (Wildman–Crippen LogP) is 6.08. The summed E-state index contributed by atoms with van der Waals surface area (Å²) in [6.07, 6.45) is 1.96. The number of aromatic nitrogens is 4. The van der Waals surface area contributed by atoms with Gasteiger partial charge in [-0.15, -0.1) is 4.99 Å². The first-order chi connectivity index (χ1) is 17.7. The van der Waals surface area contributed by atoms with E-state index in [2.05, 4.69) is 35.0 Å². The van der Waals surface area contributed by atoms with Gasteiger partial charge in [-0.3, -0.25) is 4.68 Å². The average molecular weight is 535 g/mol. The minimum atomic E-state index is 0.250. The molecule has 0 amide bonds. The van der Waals surface area contributed by atoms with E-state index in [-0.39, 0.29) is 16.2 Å². The summed E-state index contributed by atoms with van der Waals surface area (Å²) in [6, 6.07) is 15.5. The number of pyridine rings is 2. The van der Waals surface area contributed by atoms with E-state index in [4.69, 9.17) is 28.2 Å². The molecule has 0 fully saturated rings. The van der Waals surface area contributed by atoms with Crippen molar-refractivity contribution >= 4 is 45.9 Å². The number of nitrogens with zero attached hydrogens (tertiary/aromatic N) is 8. The van der Waals surface area contributed by atoms with Gasteiger partial charge in [0.25, 0.3) is 0 Å². The van der Waals surface area contributed by atoms with Crippen molar-refractivity contribution in [2.24, 2.45) is 12.0 Å². The number of rotatable bonds is 6. The molecular formula is C27H28Cl2N8. The van der Waals surface area contributed by atoms with Crippen LogP contribution in [0, 0.1) is 18.4 Å². The van der Waals surface area contributed by atoms with E-state index in [9.17, 15) is 5.26 Å². The summed E-state index contributed by atoms with van der Waals surface area (Å²) in [4.78, 5) is 17.0. The van der Waals surface area contributed by atoms with Crippen LogP contribution in [-0.4, -0.2) is 37.7 Å². The quantitative estimate of drug-likeness (QED) is 0.129. The maximum Gasteiger partial charge on any atom is 0.217 e. The van der Waals surface area contributed by atoms with Crippen molar-refractivity contribution in [2.75, 3.05) is 11.9 Å². The SMILES string of the molecule is Cc1nn(C)c2nc(CN(Cc3ccccc3)C(=NC#N)N(C)c3cc(Cl)nc(Cl)c3)cc(C(C)C)c12. The van der Waals surface area contributed by atoms with Gasteiger partial charge in [0.1, 0.15) is 10.3 Å². The maximum atomic E-state index is 9.64. The van der Waals surface area contributed by atoms with E-state index in [1.54, 1.807) is 17.0 Å². The molecule has 0 aliphatic carbocycles. The minimum absolute atomic E-state index is 0.250. The van der Waals surface area contributed by atoms with E-state index in [0.717, 1.165) is 28.0 Å². The van der Waals surface area contributed by atoms with Crippen molar-refractivity contribution in [3.05, 3.63) is 81.4 Å². The predicted molar refractivity (Wildman–Crippen MR) is 149 cm³/mol. The lowest BCUT2D eigenvalue weighted by molar-refractivity contribution is 0.394. The molecule has 0 aliphatic rings. The van der Waals surface area contributed by atoms with Gasteiger partial charge in [0.05, 0.1) is 17.9 Å². The van der Waals surface area contributed by atoms with Crippen molar-refractivity contribution in [1.29, 1.82) is 5.26 Å². The summed E-state index contributed by atoms with van der Waals surface area (Å²) in [5.41, 5.74) is 5.54. The molecule has 0 aliphatic heterocycles. The van der Waals surface area contributed by atoms with Crippen LogP contribution in [0.2, 0.25) is 10.3 Å². The number of aryl methyl sites for hydroxylation is 2. The van der Waals surface area contributed by atoms with Crippen LogP contribution in [0.5, 0.6) is 0 Å². The fraction of sp³-hybridized carbons (Fsp3) is 0.296. The lowest BCUT2D eigenvalue weighted by atomic mass is 9.98. The zero-order valence-corrected chi connectivity index (χ0v) is 23.0. The molecule has 0 atom stereocenters. The number of hydrogen-bond donors (Lipinski definition) is 0. The van der Waals surface area contributed by atoms with Gasteiger partial charge in [-0.2, -0.15) is 10.4 Å². The molecule has 0 N–H and O–H groups in total. The average Bonchev–Trinajstić information content (AvgIpc) is 3.14. The van der Waals surface area contributed by atoms with E-state index < -0.39 is 0 Å². The molecule has 3 heterocycles. The van der Waals surface area contributed by atoms with Crippen molar-refractivity contribution < 1.29 is 0 Å². The first kappa shape index (κ1) is 26.4. The standard InChI is InChI=1S/C27H28Cl2N8/c1-17(2)22-11-20(32-26-25(22)18(3)34-36(26)5)15-37(14-19-9-7-6-8-10-19)27(31-16-30)35(4)21-12-23(28)33-24(29)13-21/h6-13,17H,14-15H2,1-5H3. The Labute approximate surface area is 226 Å². The molecule has 0 unspecified atom stereocenters. The summed E-state index contributed by atoms with van der Waals surface area (Å²) in [6.45, 7) is 7.25. The monoisotopic (exact) mass is 534 g/mol. The van der Waals surface area contributed by atoms with Crippen LogP contribution in [0.1, 0.15) is 42.3 Å². The number of halogens is 2. The highest BCUT2D eigenvalue weighted by molar-refractivity contribution is 6.33. The maximum absolute atomic E-state index is 9.64. The molecule has 4 aromatic rings. The molecular weight excluding hydrogens is 507 g/mol. The van der Waals surface area contributed by atoms with Crippen molar-refractivity contribution in [3.8, 4) is 6.19 Å². The normalized spacial score (nSPS) is 11.7. The fourth-order valence-corrected chi connectivity index (χ4v) is 4.88. The van der Waals surface area contributed by atoms with Crippen LogP contribution in [0.4, 0.5) is 5.69 Å². The Kier molecular flexibility index (Phi) is 7.96. The Morgan fingerprint density at radius 1 is 1.08 bits per heavy atom. The number of fused-ring (bicyclic) bond motifs is 1. The number of benzene rings is 1. The Morgan fingerprint density at radius 3 is 2.38 bits per heavy atom. The zero-order valence-electron chi connectivity index (χ0n) is 21.4. The summed E-state index contributed by atoms with van der Waals surface area (Å²) in [5.74, 6) is 0.713. The Bertz CT molecular complexity index is 1470. The molecule has 0 saturated heterocycles. The van der Waals surface area contributed by atoms with Crippen LogP contribution in [0.3, 0.4) is 0 Å². The number of nitriles is 1. The molecule has 4 rings (SSSR count). The minimum Gasteiger partial charge on any atom is -0.331 e. The summed E-state index contributed by atoms with van der Waals surface area (Å²) >= 11 is 12.4. The summed E-state index contributed by atoms with van der Waals surface area (Å²) in [7, 11) is 3.72. The van der Waals surface area contributed by atoms with Crippen LogP contribution in [0.25, 0.3) is 11.0 Å². The van der Waals surface area contributed by atoms with Crippen LogP contribution in [-0.2, 0) is 20.1 Å². The number of aliphatic imine (C=N–C) groups is 1. The second kappa shape index (κ2) is 11.2. The molecule has 0 spiro atoms. The molecule has 3 aromatic heterocycles. The Morgan fingerprint density at radius 2 is 1.76 bits per heavy atom. The fourth-order valence-electron chi connectivity index (χ4n) is 4.43. The molecule has 0 saturated carbocycles. The number of guanidine groups is 1. The van der Waals surface area contributed by atoms with Gasteiger partial charge in [0.15, 0.2) is 5.65 Å². The van der Waals surface area contributed by atoms with Crippen LogP contribution in [0.15, 0.2) is 53.5 Å². The number of hydrogen-bond acceptors (Lipinski definition) is 5. The lowest BCUT2D eigenvalue weighted by Gasteiger charge is -2.31. The topological polar surface area (TPSA) is 86.2 Å². The Balaban J connectivity index is 1.82. The van der Waals surface area contributed by atoms with Gasteiger partial charge >= 0.3 is 0 Å². The second-order valence-electron chi connectivity index (χ2n) is 9.15. The molecule has 1 aromatic carbocycles. The van der Waals surface area contributed by atoms with E-state index in [1.807, 2.05) is 67.1 Å². The molecule has 0 bridgehead atoms. The van der Waals surface area contributed by atoms with E-state index in [0.29, 0.717) is 24.7 Å². The van der Waals surface area contributed by atoms with Gasteiger partial charge in [-0.25, -0.2) is 9.97 Å². The zero-order chi connectivity index (χ0) is 26.7. The third kappa shape index (κ3) is 5.85. The molecule has 37 heavy (non-hydrogen) atoms. The third-order valence-corrected chi connectivity index (χ3v) is 6.50. The molecule has 10 heteroatoms. The van der Waals surface area contributed by atoms with Gasteiger partial charge in [-0.1, -0.05) is 67.4 Å². The van der Waals surface area contributed by atoms with Gasteiger partial charge in [0.2, 0.25) is 12.2 Å². The van der Waals surface area contributed by atoms with Gasteiger partial charge < -0.3 is 9.80 Å². The van der Waals surface area contributed by atoms with Gasteiger partial charge in [0, 0.05) is 31.7 Å². The summed E-state index contributed by atoms with van der Waals surface area (Å²) in [5, 5.41) is 15.8. The highest BCUT2D eigenvalue weighted by Gasteiger charge is 2.22. The van der Waals surface area contributed by atoms with E-state index >= 15 is 0 Å². The van der Waals surface area contributed by atoms with Crippen molar-refractivity contribution in [2.45, 2.75) is 39.8 Å². The van der Waals surface area contributed by atoms with E-state index in [1.165, 1.54) is 5.56 Å². The summed E-state index contributed by atoms with van der Waals surface area (Å²) < 4.78 is 1.82. The highest BCUT2D eigenvalue weighted by Crippen LogP contribution is 2.29. The van der Waals surface area contributed by atoms with Crippen LogP contribution >= 0.6 is 23.2 Å². The lowest BCUT2D eigenvalue weighted by Crippen LogP contribution is -2.42. The molecule has 190 valence electrons. The largest absolute Gasteiger partial charge is 0.331 e. The van der Waals surface area contributed by atoms with Crippen molar-refractivity contribution in [1.82, 2.24) is 24.6 Å².